The molecule has 1 amide bonds. The van der Waals surface area contributed by atoms with Crippen molar-refractivity contribution in [3.05, 3.63) is 40.3 Å². The van der Waals surface area contributed by atoms with Gasteiger partial charge in [-0.3, -0.25) is 9.59 Å². The van der Waals surface area contributed by atoms with Crippen LogP contribution in [0.25, 0.3) is 10.8 Å². The molecule has 0 fully saturated rings. The molecule has 0 saturated heterocycles. The molecule has 2 rings (SSSR count). The smallest absolute Gasteiger partial charge is 0.274 e. The number of carbonyl (C=O) groups is 1. The van der Waals surface area contributed by atoms with Crippen LogP contribution in [-0.2, 0) is 6.54 Å². The average molecular weight is 316 g/mol. The van der Waals surface area contributed by atoms with Gasteiger partial charge in [-0.1, -0.05) is 32.0 Å². The van der Waals surface area contributed by atoms with Crippen LogP contribution in [0.4, 0.5) is 0 Å². The van der Waals surface area contributed by atoms with E-state index in [0.29, 0.717) is 29.6 Å². The summed E-state index contributed by atoms with van der Waals surface area (Å²) in [5.41, 5.74) is 0.138. The van der Waals surface area contributed by atoms with E-state index in [1.807, 2.05) is 33.9 Å². The Bertz CT molecular complexity index is 752. The van der Waals surface area contributed by atoms with E-state index >= 15 is 0 Å². The van der Waals surface area contributed by atoms with E-state index in [1.165, 1.54) is 4.68 Å². The van der Waals surface area contributed by atoms with Crippen molar-refractivity contribution >= 4 is 16.7 Å². The van der Waals surface area contributed by atoms with E-state index in [2.05, 4.69) is 15.7 Å². The van der Waals surface area contributed by atoms with Crippen LogP contribution in [-0.4, -0.2) is 35.3 Å². The molecule has 1 atom stereocenters. The number of aromatic nitrogens is 2. The highest BCUT2D eigenvalue weighted by atomic mass is 16.2. The molecule has 0 bridgehead atoms. The maximum Gasteiger partial charge on any atom is 0.274 e. The summed E-state index contributed by atoms with van der Waals surface area (Å²) in [5.74, 6) is 0.00222. The fourth-order valence-electron chi connectivity index (χ4n) is 2.30. The van der Waals surface area contributed by atoms with Crippen LogP contribution >= 0.6 is 0 Å². The van der Waals surface area contributed by atoms with E-state index in [1.54, 1.807) is 18.2 Å². The van der Waals surface area contributed by atoms with Crippen molar-refractivity contribution in [2.24, 2.45) is 5.92 Å². The molecule has 1 aromatic carbocycles. The van der Waals surface area contributed by atoms with Crippen LogP contribution in [0.2, 0.25) is 0 Å². The largest absolute Gasteiger partial charge is 0.349 e. The van der Waals surface area contributed by atoms with Crippen LogP contribution in [0.1, 0.15) is 31.3 Å². The fourth-order valence-corrected chi connectivity index (χ4v) is 2.30. The van der Waals surface area contributed by atoms with Gasteiger partial charge in [-0.05, 0) is 26.0 Å². The van der Waals surface area contributed by atoms with Gasteiger partial charge in [-0.2, -0.15) is 5.10 Å². The van der Waals surface area contributed by atoms with E-state index in [-0.39, 0.29) is 23.4 Å². The van der Waals surface area contributed by atoms with Gasteiger partial charge in [0.05, 0.1) is 5.39 Å². The number of likely N-dealkylation sites (N-methyl/N-ethyl adjacent to an activating group) is 1. The summed E-state index contributed by atoms with van der Waals surface area (Å²) < 4.78 is 1.39. The first kappa shape index (κ1) is 17.1. The van der Waals surface area contributed by atoms with Crippen LogP contribution in [0.3, 0.4) is 0 Å². The zero-order chi connectivity index (χ0) is 17.0. The lowest BCUT2D eigenvalue weighted by atomic mass is 10.1. The molecule has 1 heterocycles. The monoisotopic (exact) mass is 316 g/mol. The molecule has 0 spiro atoms. The second-order valence-corrected chi connectivity index (χ2v) is 6.18. The highest BCUT2D eigenvalue weighted by Crippen LogP contribution is 2.13. The highest BCUT2D eigenvalue weighted by molar-refractivity contribution is 6.04. The standard InChI is InChI=1S/C17H24N4O2/c1-11(2)10-21-17(23)14-8-6-5-7-13(14)15(20-21)16(22)19-9-12(3)18-4/h5-8,11-12,18H,9-10H2,1-4H3,(H,19,22). The van der Waals surface area contributed by atoms with Crippen molar-refractivity contribution in [3.8, 4) is 0 Å². The van der Waals surface area contributed by atoms with Crippen LogP contribution in [0.5, 0.6) is 0 Å². The van der Waals surface area contributed by atoms with Crippen molar-refractivity contribution in [2.75, 3.05) is 13.6 Å². The van der Waals surface area contributed by atoms with Crippen LogP contribution in [0, 0.1) is 5.92 Å². The van der Waals surface area contributed by atoms with Gasteiger partial charge in [0, 0.05) is 24.5 Å². The molecule has 1 aromatic heterocycles. The van der Waals surface area contributed by atoms with Crippen molar-refractivity contribution in [1.29, 1.82) is 0 Å². The average Bonchev–Trinajstić information content (AvgIpc) is 2.54. The first-order valence-electron chi connectivity index (χ1n) is 7.89. The zero-order valence-electron chi connectivity index (χ0n) is 14.1. The first-order valence-corrected chi connectivity index (χ1v) is 7.89. The lowest BCUT2D eigenvalue weighted by Crippen LogP contribution is -2.38. The second kappa shape index (κ2) is 7.37. The van der Waals surface area contributed by atoms with Crippen molar-refractivity contribution < 1.29 is 4.79 Å². The molecule has 0 radical (unpaired) electrons. The van der Waals surface area contributed by atoms with Gasteiger partial charge in [0.25, 0.3) is 11.5 Å². The molecular weight excluding hydrogens is 292 g/mol. The van der Waals surface area contributed by atoms with Crippen molar-refractivity contribution in [1.82, 2.24) is 20.4 Å². The Labute approximate surface area is 135 Å². The Morgan fingerprint density at radius 1 is 1.22 bits per heavy atom. The number of amides is 1. The Balaban J connectivity index is 2.47. The summed E-state index contributed by atoms with van der Waals surface area (Å²) >= 11 is 0. The Hall–Kier alpha value is -2.21. The van der Waals surface area contributed by atoms with E-state index in [4.69, 9.17) is 0 Å². The van der Waals surface area contributed by atoms with E-state index < -0.39 is 0 Å². The summed E-state index contributed by atoms with van der Waals surface area (Å²) in [6.07, 6.45) is 0. The molecule has 23 heavy (non-hydrogen) atoms. The molecule has 124 valence electrons. The van der Waals surface area contributed by atoms with Crippen LogP contribution in [0.15, 0.2) is 29.1 Å². The SMILES string of the molecule is CNC(C)CNC(=O)c1nn(CC(C)C)c(=O)c2ccccc12. The molecule has 6 nitrogen and oxygen atoms in total. The zero-order valence-corrected chi connectivity index (χ0v) is 14.1. The van der Waals surface area contributed by atoms with E-state index in [0.717, 1.165) is 0 Å². The van der Waals surface area contributed by atoms with Gasteiger partial charge in [-0.15, -0.1) is 0 Å². The minimum absolute atomic E-state index is 0.158. The van der Waals surface area contributed by atoms with Gasteiger partial charge in [0.15, 0.2) is 5.69 Å². The number of fused-ring (bicyclic) bond motifs is 1. The molecule has 0 aliphatic carbocycles. The number of hydrogen-bond donors (Lipinski definition) is 2. The third-order valence-electron chi connectivity index (χ3n) is 3.68. The Morgan fingerprint density at radius 2 is 1.87 bits per heavy atom. The molecule has 1 unspecified atom stereocenters. The van der Waals surface area contributed by atoms with Gasteiger partial charge in [0.2, 0.25) is 0 Å². The number of benzene rings is 1. The number of carbonyl (C=O) groups excluding carboxylic acids is 1. The van der Waals surface area contributed by atoms with Gasteiger partial charge < -0.3 is 10.6 Å². The highest BCUT2D eigenvalue weighted by Gasteiger charge is 2.17. The normalized spacial score (nSPS) is 12.6. The minimum Gasteiger partial charge on any atom is -0.349 e. The minimum atomic E-state index is -0.263. The van der Waals surface area contributed by atoms with Gasteiger partial charge in [0.1, 0.15) is 0 Å². The van der Waals surface area contributed by atoms with Gasteiger partial charge >= 0.3 is 0 Å². The predicted octanol–water partition coefficient (Wildman–Crippen LogP) is 1.39. The first-order chi connectivity index (χ1) is 10.9. The van der Waals surface area contributed by atoms with Gasteiger partial charge in [-0.25, -0.2) is 4.68 Å². The second-order valence-electron chi connectivity index (χ2n) is 6.18. The van der Waals surface area contributed by atoms with Crippen LogP contribution < -0.4 is 16.2 Å². The molecule has 2 aromatic rings. The Kier molecular flexibility index (Phi) is 5.50. The molecule has 0 aliphatic rings. The molecule has 0 aliphatic heterocycles. The number of hydrogen-bond acceptors (Lipinski definition) is 4. The summed E-state index contributed by atoms with van der Waals surface area (Å²) in [6, 6.07) is 7.27. The number of nitrogens with one attached hydrogen (secondary N) is 2. The molecule has 2 N–H and O–H groups in total. The fraction of sp³-hybridized carbons (Fsp3) is 0.471. The molecular formula is C17H24N4O2. The summed E-state index contributed by atoms with van der Waals surface area (Å²) in [5, 5.41) is 11.4. The van der Waals surface area contributed by atoms with Crippen molar-refractivity contribution in [2.45, 2.75) is 33.4 Å². The summed E-state index contributed by atoms with van der Waals surface area (Å²) in [7, 11) is 1.84. The maximum atomic E-state index is 12.5. The third-order valence-corrected chi connectivity index (χ3v) is 3.68. The lowest BCUT2D eigenvalue weighted by Gasteiger charge is -2.14. The lowest BCUT2D eigenvalue weighted by molar-refractivity contribution is 0.0944. The predicted molar refractivity (Wildman–Crippen MR) is 91.7 cm³/mol. The number of rotatable bonds is 6. The molecule has 0 saturated carbocycles. The maximum absolute atomic E-state index is 12.5. The van der Waals surface area contributed by atoms with E-state index in [9.17, 15) is 9.59 Å². The quantitative estimate of drug-likeness (QED) is 0.844. The molecule has 6 heteroatoms. The summed E-state index contributed by atoms with van der Waals surface area (Å²) in [4.78, 5) is 25.0. The van der Waals surface area contributed by atoms with Crippen molar-refractivity contribution in [3.63, 3.8) is 0 Å². The Morgan fingerprint density at radius 3 is 2.48 bits per heavy atom. The topological polar surface area (TPSA) is 76.0 Å². The number of nitrogens with zero attached hydrogens (tertiary/aromatic N) is 2. The summed E-state index contributed by atoms with van der Waals surface area (Å²) in [6.45, 7) is 6.98. The third kappa shape index (κ3) is 3.96.